The van der Waals surface area contributed by atoms with Gasteiger partial charge in [-0.1, -0.05) is 55.0 Å². The van der Waals surface area contributed by atoms with E-state index in [-0.39, 0.29) is 22.8 Å². The Balaban J connectivity index is 2.20. The normalized spacial score (nSPS) is 11.5. The van der Waals surface area contributed by atoms with Gasteiger partial charge in [-0.05, 0) is 26.3 Å². The number of nitrogens with one attached hydrogen (secondary N) is 1. The summed E-state index contributed by atoms with van der Waals surface area (Å²) in [5, 5.41) is 2.67. The monoisotopic (exact) mass is 353 g/mol. The third-order valence-electron chi connectivity index (χ3n) is 3.91. The molecule has 5 nitrogen and oxygen atoms in total. The molecule has 0 aliphatic rings. The molecule has 0 aromatic heterocycles. The number of hydrogen-bond acceptors (Lipinski definition) is 4. The van der Waals surface area contributed by atoms with Crippen LogP contribution in [0, 0.1) is 6.92 Å². The molecule has 0 aliphatic heterocycles. The molecule has 0 saturated carbocycles. The van der Waals surface area contributed by atoms with Crippen LogP contribution in [0.5, 0.6) is 0 Å². The van der Waals surface area contributed by atoms with E-state index in [4.69, 9.17) is 4.74 Å². The minimum Gasteiger partial charge on any atom is -0.449 e. The van der Waals surface area contributed by atoms with Gasteiger partial charge in [0.1, 0.15) is 0 Å². The first-order valence-corrected chi connectivity index (χ1v) is 8.63. The summed E-state index contributed by atoms with van der Waals surface area (Å²) in [6, 6.07) is 13.6. The largest absolute Gasteiger partial charge is 0.449 e. The fourth-order valence-electron chi connectivity index (χ4n) is 2.39. The molecule has 0 radical (unpaired) electrons. The molecule has 1 amide bonds. The molecule has 136 valence electrons. The standard InChI is InChI=1S/C21H23NO4/c1-4-13-22-20(24)15(3)26-21(25)18-8-6-5-7-17(18)19(23)16-11-9-14(2)10-12-16/h5-12,15H,4,13H2,1-3H3,(H,22,24). The third-order valence-corrected chi connectivity index (χ3v) is 3.91. The van der Waals surface area contributed by atoms with Crippen molar-refractivity contribution in [2.75, 3.05) is 6.54 Å². The Kier molecular flexibility index (Phi) is 6.67. The van der Waals surface area contributed by atoms with Gasteiger partial charge < -0.3 is 10.1 Å². The van der Waals surface area contributed by atoms with Gasteiger partial charge in [0.15, 0.2) is 11.9 Å². The maximum Gasteiger partial charge on any atom is 0.339 e. The minimum atomic E-state index is -0.934. The first kappa shape index (κ1) is 19.4. The lowest BCUT2D eigenvalue weighted by Gasteiger charge is -2.14. The molecule has 26 heavy (non-hydrogen) atoms. The summed E-state index contributed by atoms with van der Waals surface area (Å²) in [6.45, 7) is 5.89. The first-order chi connectivity index (χ1) is 12.4. The average molecular weight is 353 g/mol. The summed E-state index contributed by atoms with van der Waals surface area (Å²) in [5.74, 6) is -1.32. The van der Waals surface area contributed by atoms with Gasteiger partial charge in [0.25, 0.3) is 5.91 Å². The number of ether oxygens (including phenoxy) is 1. The lowest BCUT2D eigenvalue weighted by molar-refractivity contribution is -0.129. The van der Waals surface area contributed by atoms with E-state index in [0.717, 1.165) is 12.0 Å². The number of esters is 1. The molecule has 2 rings (SSSR count). The van der Waals surface area contributed by atoms with Gasteiger partial charge in [0.05, 0.1) is 5.56 Å². The molecule has 1 unspecified atom stereocenters. The van der Waals surface area contributed by atoms with Crippen LogP contribution < -0.4 is 5.32 Å². The van der Waals surface area contributed by atoms with E-state index in [2.05, 4.69) is 5.32 Å². The van der Waals surface area contributed by atoms with E-state index in [1.165, 1.54) is 13.0 Å². The number of hydrogen-bond donors (Lipinski definition) is 1. The summed E-state index contributed by atoms with van der Waals surface area (Å²) in [6.07, 6.45) is -0.142. The molecule has 0 fully saturated rings. The number of carbonyl (C=O) groups is 3. The highest BCUT2D eigenvalue weighted by Gasteiger charge is 2.23. The summed E-state index contributed by atoms with van der Waals surface area (Å²) >= 11 is 0. The second-order valence-corrected chi connectivity index (χ2v) is 6.08. The van der Waals surface area contributed by atoms with Crippen molar-refractivity contribution in [3.05, 3.63) is 70.8 Å². The van der Waals surface area contributed by atoms with Crippen LogP contribution in [0.15, 0.2) is 48.5 Å². The van der Waals surface area contributed by atoms with Crippen molar-refractivity contribution in [3.8, 4) is 0 Å². The molecular weight excluding hydrogens is 330 g/mol. The van der Waals surface area contributed by atoms with Crippen LogP contribution in [-0.2, 0) is 9.53 Å². The maximum atomic E-state index is 12.8. The van der Waals surface area contributed by atoms with E-state index in [1.54, 1.807) is 30.3 Å². The van der Waals surface area contributed by atoms with Crippen LogP contribution in [0.4, 0.5) is 0 Å². The van der Waals surface area contributed by atoms with Gasteiger partial charge in [-0.25, -0.2) is 4.79 Å². The number of rotatable bonds is 7. The van der Waals surface area contributed by atoms with E-state index < -0.39 is 12.1 Å². The van der Waals surface area contributed by atoms with E-state index in [0.29, 0.717) is 12.1 Å². The smallest absolute Gasteiger partial charge is 0.339 e. The van der Waals surface area contributed by atoms with Crippen LogP contribution in [-0.4, -0.2) is 30.3 Å². The molecular formula is C21H23NO4. The van der Waals surface area contributed by atoms with Crippen LogP contribution in [0.2, 0.25) is 0 Å². The predicted molar refractivity (Wildman–Crippen MR) is 99.2 cm³/mol. The summed E-state index contributed by atoms with van der Waals surface area (Å²) < 4.78 is 5.24. The van der Waals surface area contributed by atoms with Gasteiger partial charge in [0, 0.05) is 17.7 Å². The highest BCUT2D eigenvalue weighted by Crippen LogP contribution is 2.17. The lowest BCUT2D eigenvalue weighted by Crippen LogP contribution is -2.36. The maximum absolute atomic E-state index is 12.8. The second-order valence-electron chi connectivity index (χ2n) is 6.08. The second kappa shape index (κ2) is 8.94. The fourth-order valence-corrected chi connectivity index (χ4v) is 2.39. The number of ketones is 1. The molecule has 0 heterocycles. The molecule has 0 saturated heterocycles. The molecule has 1 N–H and O–H groups in total. The summed E-state index contributed by atoms with van der Waals surface area (Å²) in [5.41, 5.74) is 1.93. The van der Waals surface area contributed by atoms with Crippen molar-refractivity contribution in [1.29, 1.82) is 0 Å². The zero-order valence-electron chi connectivity index (χ0n) is 15.2. The molecule has 5 heteroatoms. The van der Waals surface area contributed by atoms with Crippen molar-refractivity contribution >= 4 is 17.7 Å². The topological polar surface area (TPSA) is 72.5 Å². The van der Waals surface area contributed by atoms with Crippen LogP contribution in [0.25, 0.3) is 0 Å². The van der Waals surface area contributed by atoms with Gasteiger partial charge in [-0.2, -0.15) is 0 Å². The molecule has 0 bridgehead atoms. The molecule has 2 aromatic carbocycles. The Morgan fingerprint density at radius 1 is 1.00 bits per heavy atom. The Hall–Kier alpha value is -2.95. The van der Waals surface area contributed by atoms with Crippen LogP contribution in [0.3, 0.4) is 0 Å². The zero-order chi connectivity index (χ0) is 19.1. The van der Waals surface area contributed by atoms with Crippen molar-refractivity contribution in [2.24, 2.45) is 0 Å². The quantitative estimate of drug-likeness (QED) is 0.612. The first-order valence-electron chi connectivity index (χ1n) is 8.63. The van der Waals surface area contributed by atoms with E-state index >= 15 is 0 Å². The van der Waals surface area contributed by atoms with Crippen LogP contribution in [0.1, 0.15) is 52.1 Å². The minimum absolute atomic E-state index is 0.146. The highest BCUT2D eigenvalue weighted by molar-refractivity contribution is 6.14. The van der Waals surface area contributed by atoms with Gasteiger partial charge in [0.2, 0.25) is 0 Å². The highest BCUT2D eigenvalue weighted by atomic mass is 16.5. The third kappa shape index (κ3) is 4.79. The van der Waals surface area contributed by atoms with Crippen LogP contribution >= 0.6 is 0 Å². The van der Waals surface area contributed by atoms with Gasteiger partial charge >= 0.3 is 5.97 Å². The van der Waals surface area contributed by atoms with Crippen molar-refractivity contribution in [1.82, 2.24) is 5.32 Å². The Morgan fingerprint density at radius 3 is 2.23 bits per heavy atom. The zero-order valence-corrected chi connectivity index (χ0v) is 15.2. The fraction of sp³-hybridized carbons (Fsp3) is 0.286. The molecule has 0 spiro atoms. The Morgan fingerprint density at radius 2 is 1.62 bits per heavy atom. The number of aryl methyl sites for hydroxylation is 1. The SMILES string of the molecule is CCCNC(=O)C(C)OC(=O)c1ccccc1C(=O)c1ccc(C)cc1. The summed E-state index contributed by atoms with van der Waals surface area (Å²) in [4.78, 5) is 37.1. The van der Waals surface area contributed by atoms with E-state index in [9.17, 15) is 14.4 Å². The molecule has 1 atom stereocenters. The number of carbonyl (C=O) groups excluding carboxylic acids is 3. The molecule has 2 aromatic rings. The average Bonchev–Trinajstić information content (AvgIpc) is 2.66. The van der Waals surface area contributed by atoms with E-state index in [1.807, 2.05) is 26.0 Å². The van der Waals surface area contributed by atoms with Crippen molar-refractivity contribution < 1.29 is 19.1 Å². The molecule has 0 aliphatic carbocycles. The number of benzene rings is 2. The Labute approximate surface area is 153 Å². The summed E-state index contributed by atoms with van der Waals surface area (Å²) in [7, 11) is 0. The van der Waals surface area contributed by atoms with Crippen molar-refractivity contribution in [2.45, 2.75) is 33.3 Å². The van der Waals surface area contributed by atoms with Gasteiger partial charge in [-0.3, -0.25) is 9.59 Å². The lowest BCUT2D eigenvalue weighted by atomic mass is 9.98. The van der Waals surface area contributed by atoms with Crippen molar-refractivity contribution in [3.63, 3.8) is 0 Å². The predicted octanol–water partition coefficient (Wildman–Crippen LogP) is 3.30. The number of amides is 1. The van der Waals surface area contributed by atoms with Gasteiger partial charge in [-0.15, -0.1) is 0 Å². The Bertz CT molecular complexity index is 796.